The number of rotatable bonds is 5. The van der Waals surface area contributed by atoms with Crippen molar-refractivity contribution in [2.45, 2.75) is 45.1 Å². The monoisotopic (exact) mass is 472 g/mol. The molecule has 1 aliphatic rings. The topological polar surface area (TPSA) is 15.3 Å². The molecule has 0 unspecified atom stereocenters. The Morgan fingerprint density at radius 2 is 1.48 bits per heavy atom. The van der Waals surface area contributed by atoms with Gasteiger partial charge in [-0.15, -0.1) is 24.8 Å². The van der Waals surface area contributed by atoms with E-state index in [-0.39, 0.29) is 49.3 Å². The van der Waals surface area contributed by atoms with Crippen molar-refractivity contribution in [1.29, 1.82) is 0 Å². The van der Waals surface area contributed by atoms with Gasteiger partial charge in [0.05, 0.1) is 11.1 Å². The summed E-state index contributed by atoms with van der Waals surface area (Å²) in [5.41, 5.74) is -3.85. The lowest BCUT2D eigenvalue weighted by molar-refractivity contribution is -0.144. The molecule has 0 bridgehead atoms. The van der Waals surface area contributed by atoms with E-state index in [0.717, 1.165) is 0 Å². The van der Waals surface area contributed by atoms with Gasteiger partial charge in [0.25, 0.3) is 0 Å². The molecule has 0 radical (unpaired) electrons. The molecule has 29 heavy (non-hydrogen) atoms. The lowest BCUT2D eigenvalue weighted by Crippen LogP contribution is -2.45. The molecule has 0 amide bonds. The van der Waals surface area contributed by atoms with Crippen molar-refractivity contribution in [2.75, 3.05) is 26.2 Å². The first-order chi connectivity index (χ1) is 12.4. The third kappa shape index (κ3) is 7.45. The van der Waals surface area contributed by atoms with E-state index in [2.05, 4.69) is 5.32 Å². The van der Waals surface area contributed by atoms with Crippen LogP contribution in [0.3, 0.4) is 0 Å². The minimum absolute atomic E-state index is 0. The summed E-state index contributed by atoms with van der Waals surface area (Å²) < 4.78 is 94.1. The summed E-state index contributed by atoms with van der Waals surface area (Å²) in [5, 5.41) is 3.07. The predicted octanol–water partition coefficient (Wildman–Crippen LogP) is 6.09. The van der Waals surface area contributed by atoms with Crippen LogP contribution >= 0.6 is 24.8 Å². The Hall–Kier alpha value is -0.770. The maximum absolute atomic E-state index is 14.7. The molecular weight excluding hydrogens is 448 g/mol. The van der Waals surface area contributed by atoms with Crippen molar-refractivity contribution in [3.8, 4) is 0 Å². The fraction of sp³-hybridized carbons (Fsp3) is 0.667. The van der Waals surface area contributed by atoms with Crippen LogP contribution < -0.4 is 5.32 Å². The quantitative estimate of drug-likeness (QED) is 0.521. The molecule has 1 aliphatic heterocycles. The molecule has 1 fully saturated rings. The highest BCUT2D eigenvalue weighted by molar-refractivity contribution is 5.85. The van der Waals surface area contributed by atoms with Crippen molar-refractivity contribution in [2.24, 2.45) is 5.92 Å². The molecule has 1 heterocycles. The highest BCUT2D eigenvalue weighted by Crippen LogP contribution is 2.43. The molecule has 0 saturated carbocycles. The lowest BCUT2D eigenvalue weighted by Gasteiger charge is -2.37. The van der Waals surface area contributed by atoms with Crippen LogP contribution in [0.1, 0.15) is 49.4 Å². The molecular formula is C18H25Cl2F7N2. The average Bonchev–Trinajstić information content (AvgIpc) is 2.54. The van der Waals surface area contributed by atoms with Gasteiger partial charge in [-0.25, -0.2) is 4.39 Å². The molecule has 1 N–H and O–H groups in total. The second-order valence-corrected chi connectivity index (χ2v) is 7.19. The van der Waals surface area contributed by atoms with Gasteiger partial charge in [-0.3, -0.25) is 4.90 Å². The van der Waals surface area contributed by atoms with Crippen molar-refractivity contribution in [3.05, 3.63) is 34.6 Å². The van der Waals surface area contributed by atoms with E-state index in [9.17, 15) is 30.7 Å². The Bertz CT molecular complexity index is 642. The van der Waals surface area contributed by atoms with Crippen LogP contribution in [-0.4, -0.2) is 31.1 Å². The Labute approximate surface area is 178 Å². The van der Waals surface area contributed by atoms with Crippen LogP contribution in [0.5, 0.6) is 0 Å². The number of nitrogens with zero attached hydrogens (tertiary/aromatic N) is 1. The van der Waals surface area contributed by atoms with Gasteiger partial charge in [0.15, 0.2) is 0 Å². The number of alkyl halides is 6. The van der Waals surface area contributed by atoms with Crippen LogP contribution in [0.4, 0.5) is 30.7 Å². The van der Waals surface area contributed by atoms with E-state index in [1.165, 1.54) is 0 Å². The lowest BCUT2D eigenvalue weighted by atomic mass is 9.90. The van der Waals surface area contributed by atoms with Crippen molar-refractivity contribution in [1.82, 2.24) is 10.2 Å². The number of piperazine rings is 1. The molecule has 1 aromatic rings. The summed E-state index contributed by atoms with van der Waals surface area (Å²) in [4.78, 5) is 1.72. The molecule has 1 atom stereocenters. The summed E-state index contributed by atoms with van der Waals surface area (Å²) in [6.45, 7) is 5.65. The van der Waals surface area contributed by atoms with E-state index in [0.29, 0.717) is 32.6 Å². The number of halogens is 9. The SMILES string of the molecule is CC(C)CC[C@H](c1c(F)cc(C(F)(F)F)cc1C(F)(F)F)N1CCNCC1.Cl.Cl. The van der Waals surface area contributed by atoms with Crippen LogP contribution in [0, 0.1) is 11.7 Å². The van der Waals surface area contributed by atoms with Crippen LogP contribution in [-0.2, 0) is 12.4 Å². The molecule has 1 saturated heterocycles. The van der Waals surface area contributed by atoms with E-state index in [4.69, 9.17) is 0 Å². The first-order valence-electron chi connectivity index (χ1n) is 8.84. The molecule has 170 valence electrons. The highest BCUT2D eigenvalue weighted by atomic mass is 35.5. The normalized spacial score (nSPS) is 16.9. The second kappa shape index (κ2) is 11.0. The van der Waals surface area contributed by atoms with Crippen LogP contribution in [0.15, 0.2) is 12.1 Å². The minimum atomic E-state index is -5.08. The molecule has 2 rings (SSSR count). The van der Waals surface area contributed by atoms with Gasteiger partial charge < -0.3 is 5.32 Å². The Balaban J connectivity index is 0.00000392. The maximum Gasteiger partial charge on any atom is 0.416 e. The second-order valence-electron chi connectivity index (χ2n) is 7.19. The third-order valence-electron chi connectivity index (χ3n) is 4.71. The van der Waals surface area contributed by atoms with E-state index >= 15 is 0 Å². The van der Waals surface area contributed by atoms with E-state index in [1.807, 2.05) is 13.8 Å². The molecule has 1 aromatic carbocycles. The maximum atomic E-state index is 14.7. The standard InChI is InChI=1S/C18H23F7N2.2ClH/c1-11(2)3-4-15(27-7-5-26-6-8-27)16-13(18(23,24)25)9-12(10-14(16)19)17(20,21)22;;/h9-11,15,26H,3-8H2,1-2H3;2*1H/t15-;;/m1../s1. The first-order valence-corrected chi connectivity index (χ1v) is 8.84. The van der Waals surface area contributed by atoms with E-state index < -0.39 is 40.9 Å². The zero-order valence-electron chi connectivity index (χ0n) is 16.0. The first kappa shape index (κ1) is 28.2. The fourth-order valence-corrected chi connectivity index (χ4v) is 3.35. The van der Waals surface area contributed by atoms with Crippen molar-refractivity contribution in [3.63, 3.8) is 0 Å². The van der Waals surface area contributed by atoms with Crippen molar-refractivity contribution >= 4 is 24.8 Å². The number of hydrogen-bond donors (Lipinski definition) is 1. The van der Waals surface area contributed by atoms with Gasteiger partial charge in [-0.2, -0.15) is 26.3 Å². The number of nitrogens with one attached hydrogen (secondary N) is 1. The molecule has 0 aromatic heterocycles. The highest BCUT2D eigenvalue weighted by Gasteiger charge is 2.42. The van der Waals surface area contributed by atoms with Gasteiger partial charge in [0.2, 0.25) is 0 Å². The van der Waals surface area contributed by atoms with Crippen LogP contribution in [0.2, 0.25) is 0 Å². The van der Waals surface area contributed by atoms with Gasteiger partial charge in [0.1, 0.15) is 5.82 Å². The van der Waals surface area contributed by atoms with Gasteiger partial charge in [-0.1, -0.05) is 13.8 Å². The molecule has 2 nitrogen and oxygen atoms in total. The molecule has 0 spiro atoms. The predicted molar refractivity (Wildman–Crippen MR) is 102 cm³/mol. The summed E-state index contributed by atoms with van der Waals surface area (Å²) in [6, 6.07) is -0.716. The summed E-state index contributed by atoms with van der Waals surface area (Å²) in [5.74, 6) is -1.29. The third-order valence-corrected chi connectivity index (χ3v) is 4.71. The average molecular weight is 473 g/mol. The Morgan fingerprint density at radius 3 is 1.93 bits per heavy atom. The number of benzene rings is 1. The largest absolute Gasteiger partial charge is 0.416 e. The zero-order chi connectivity index (χ0) is 20.4. The van der Waals surface area contributed by atoms with Gasteiger partial charge in [0, 0.05) is 37.8 Å². The molecule has 0 aliphatic carbocycles. The molecule has 11 heteroatoms. The smallest absolute Gasteiger partial charge is 0.314 e. The summed E-state index contributed by atoms with van der Waals surface area (Å²) >= 11 is 0. The minimum Gasteiger partial charge on any atom is -0.314 e. The number of hydrogen-bond acceptors (Lipinski definition) is 2. The van der Waals surface area contributed by atoms with Gasteiger partial charge >= 0.3 is 12.4 Å². The fourth-order valence-electron chi connectivity index (χ4n) is 3.35. The zero-order valence-corrected chi connectivity index (χ0v) is 17.6. The summed E-state index contributed by atoms with van der Waals surface area (Å²) in [6.07, 6.45) is -9.36. The van der Waals surface area contributed by atoms with Crippen molar-refractivity contribution < 1.29 is 30.7 Å². The Kier molecular flexibility index (Phi) is 10.7. The Morgan fingerprint density at radius 1 is 0.931 bits per heavy atom. The summed E-state index contributed by atoms with van der Waals surface area (Å²) in [7, 11) is 0. The van der Waals surface area contributed by atoms with Crippen LogP contribution in [0.25, 0.3) is 0 Å². The van der Waals surface area contributed by atoms with E-state index in [1.54, 1.807) is 4.90 Å². The van der Waals surface area contributed by atoms with Gasteiger partial charge in [-0.05, 0) is 30.9 Å².